The lowest BCUT2D eigenvalue weighted by Gasteiger charge is -2.13. The van der Waals surface area contributed by atoms with E-state index in [-0.39, 0.29) is 0 Å². The van der Waals surface area contributed by atoms with Crippen molar-refractivity contribution in [1.29, 1.82) is 0 Å². The molecule has 0 aliphatic carbocycles. The van der Waals surface area contributed by atoms with Gasteiger partial charge in [-0.25, -0.2) is 4.98 Å². The zero-order valence-corrected chi connectivity index (χ0v) is 5.08. The summed E-state index contributed by atoms with van der Waals surface area (Å²) in [4.78, 5) is 3.99. The number of nitrogens with zero attached hydrogens (tertiary/aromatic N) is 2. The van der Waals surface area contributed by atoms with E-state index in [4.69, 9.17) is 4.74 Å². The lowest BCUT2D eigenvalue weighted by atomic mass is 10.4. The summed E-state index contributed by atoms with van der Waals surface area (Å²) in [6.45, 7) is 2.50. The Morgan fingerprint density at radius 3 is 3.56 bits per heavy atom. The van der Waals surface area contributed by atoms with Gasteiger partial charge in [-0.05, 0) is 0 Å². The molecule has 0 amide bonds. The molecule has 0 fully saturated rings. The summed E-state index contributed by atoms with van der Waals surface area (Å²) in [5, 5.41) is 0. The molecular weight excluding hydrogens is 116 g/mol. The van der Waals surface area contributed by atoms with E-state index in [1.807, 2.05) is 12.5 Å². The van der Waals surface area contributed by atoms with E-state index < -0.39 is 0 Å². The van der Waals surface area contributed by atoms with E-state index in [0.29, 0.717) is 0 Å². The number of aromatic nitrogens is 2. The normalized spacial score (nSPS) is 17.3. The summed E-state index contributed by atoms with van der Waals surface area (Å²) in [6.07, 6.45) is 3.69. The fraction of sp³-hybridized carbons (Fsp3) is 0.500. The van der Waals surface area contributed by atoms with Gasteiger partial charge in [0.15, 0.2) is 0 Å². The van der Waals surface area contributed by atoms with Crippen LogP contribution in [0.5, 0.6) is 0 Å². The fourth-order valence-electron chi connectivity index (χ4n) is 1.01. The highest BCUT2D eigenvalue weighted by Crippen LogP contribution is 2.05. The van der Waals surface area contributed by atoms with E-state index in [0.717, 1.165) is 19.8 Å². The molecule has 2 heterocycles. The molecule has 0 aromatic carbocycles. The smallest absolute Gasteiger partial charge is 0.0949 e. The molecular formula is C6H8N2O. The quantitative estimate of drug-likeness (QED) is 0.501. The van der Waals surface area contributed by atoms with Gasteiger partial charge in [0.1, 0.15) is 0 Å². The first-order valence-corrected chi connectivity index (χ1v) is 3.03. The molecule has 1 aromatic rings. The van der Waals surface area contributed by atoms with Crippen LogP contribution in [0.15, 0.2) is 12.5 Å². The van der Waals surface area contributed by atoms with Crippen LogP contribution in [0.3, 0.4) is 0 Å². The van der Waals surface area contributed by atoms with Crippen molar-refractivity contribution in [3.63, 3.8) is 0 Å². The first-order valence-electron chi connectivity index (χ1n) is 3.03. The molecule has 0 spiro atoms. The third-order valence-corrected chi connectivity index (χ3v) is 1.52. The molecule has 2 rings (SSSR count). The molecule has 1 aliphatic rings. The predicted octanol–water partition coefficient (Wildman–Crippen LogP) is 0.413. The minimum atomic E-state index is 0.722. The Hall–Kier alpha value is -0.830. The summed E-state index contributed by atoms with van der Waals surface area (Å²) in [7, 11) is 0. The van der Waals surface area contributed by atoms with Crippen molar-refractivity contribution in [1.82, 2.24) is 9.55 Å². The van der Waals surface area contributed by atoms with E-state index in [1.165, 1.54) is 5.69 Å². The summed E-state index contributed by atoms with van der Waals surface area (Å²) in [6, 6.07) is 0. The summed E-state index contributed by atoms with van der Waals surface area (Å²) in [5.74, 6) is 0. The minimum absolute atomic E-state index is 0.722. The van der Waals surface area contributed by atoms with Crippen molar-refractivity contribution in [2.75, 3.05) is 6.61 Å². The highest BCUT2D eigenvalue weighted by atomic mass is 16.5. The SMILES string of the molecule is c1ncn2c1COCC2. The molecule has 0 bridgehead atoms. The van der Waals surface area contributed by atoms with Crippen LogP contribution >= 0.6 is 0 Å². The Labute approximate surface area is 53.3 Å². The molecule has 1 aromatic heterocycles. The van der Waals surface area contributed by atoms with E-state index in [9.17, 15) is 0 Å². The summed E-state index contributed by atoms with van der Waals surface area (Å²) >= 11 is 0. The Kier molecular flexibility index (Phi) is 1.02. The Morgan fingerprint density at radius 1 is 1.67 bits per heavy atom. The van der Waals surface area contributed by atoms with Gasteiger partial charge in [0.25, 0.3) is 0 Å². The van der Waals surface area contributed by atoms with E-state index >= 15 is 0 Å². The summed E-state index contributed by atoms with van der Waals surface area (Å²) < 4.78 is 7.31. The van der Waals surface area contributed by atoms with Gasteiger partial charge in [0.05, 0.1) is 31.4 Å². The summed E-state index contributed by atoms with van der Waals surface area (Å²) in [5.41, 5.74) is 1.18. The second kappa shape index (κ2) is 1.84. The maximum atomic E-state index is 5.19. The highest BCUT2D eigenvalue weighted by Gasteiger charge is 2.06. The Morgan fingerprint density at radius 2 is 2.67 bits per heavy atom. The standard InChI is InChI=1S/C6H8N2O/c1-2-9-4-6-3-7-5-8(1)6/h3,5H,1-2,4H2. The zero-order valence-electron chi connectivity index (χ0n) is 5.08. The highest BCUT2D eigenvalue weighted by molar-refractivity contribution is 4.97. The third-order valence-electron chi connectivity index (χ3n) is 1.52. The predicted molar refractivity (Wildman–Crippen MR) is 31.9 cm³/mol. The molecule has 0 N–H and O–H groups in total. The van der Waals surface area contributed by atoms with Crippen LogP contribution in [0.1, 0.15) is 5.69 Å². The lowest BCUT2D eigenvalue weighted by molar-refractivity contribution is 0.0850. The van der Waals surface area contributed by atoms with Crippen LogP contribution in [0.2, 0.25) is 0 Å². The first kappa shape index (κ1) is 4.99. The van der Waals surface area contributed by atoms with Gasteiger partial charge in [-0.2, -0.15) is 0 Å². The van der Waals surface area contributed by atoms with Gasteiger partial charge in [-0.15, -0.1) is 0 Å². The largest absolute Gasteiger partial charge is 0.373 e. The monoisotopic (exact) mass is 124 g/mol. The Bertz CT molecular complexity index is 186. The van der Waals surface area contributed by atoms with Crippen LogP contribution in [0, 0.1) is 0 Å². The van der Waals surface area contributed by atoms with Gasteiger partial charge >= 0.3 is 0 Å². The topological polar surface area (TPSA) is 27.1 Å². The van der Waals surface area contributed by atoms with Crippen LogP contribution in [0.4, 0.5) is 0 Å². The van der Waals surface area contributed by atoms with Gasteiger partial charge in [-0.3, -0.25) is 0 Å². The van der Waals surface area contributed by atoms with Crippen LogP contribution in [-0.2, 0) is 17.9 Å². The minimum Gasteiger partial charge on any atom is -0.373 e. The van der Waals surface area contributed by atoms with Crippen molar-refractivity contribution in [2.45, 2.75) is 13.2 Å². The van der Waals surface area contributed by atoms with Gasteiger partial charge in [-0.1, -0.05) is 0 Å². The number of rotatable bonds is 0. The van der Waals surface area contributed by atoms with Crippen LogP contribution in [0.25, 0.3) is 0 Å². The van der Waals surface area contributed by atoms with Gasteiger partial charge < -0.3 is 9.30 Å². The molecule has 0 saturated heterocycles. The third kappa shape index (κ3) is 0.733. The number of fused-ring (bicyclic) bond motifs is 1. The maximum absolute atomic E-state index is 5.19. The number of ether oxygens (including phenoxy) is 1. The molecule has 0 saturated carbocycles. The fourth-order valence-corrected chi connectivity index (χ4v) is 1.01. The van der Waals surface area contributed by atoms with Crippen molar-refractivity contribution >= 4 is 0 Å². The average molecular weight is 124 g/mol. The van der Waals surface area contributed by atoms with Gasteiger partial charge in [0.2, 0.25) is 0 Å². The average Bonchev–Trinajstić information content (AvgIpc) is 2.33. The van der Waals surface area contributed by atoms with E-state index in [2.05, 4.69) is 9.55 Å². The second-order valence-electron chi connectivity index (χ2n) is 2.13. The van der Waals surface area contributed by atoms with Crippen LogP contribution < -0.4 is 0 Å². The maximum Gasteiger partial charge on any atom is 0.0949 e. The van der Waals surface area contributed by atoms with Crippen LogP contribution in [-0.4, -0.2) is 16.2 Å². The van der Waals surface area contributed by atoms with Crippen molar-refractivity contribution < 1.29 is 4.74 Å². The molecule has 3 heteroatoms. The van der Waals surface area contributed by atoms with E-state index in [1.54, 1.807) is 0 Å². The first-order chi connectivity index (χ1) is 4.47. The zero-order chi connectivity index (χ0) is 6.10. The molecule has 3 nitrogen and oxygen atoms in total. The van der Waals surface area contributed by atoms with Crippen molar-refractivity contribution in [3.8, 4) is 0 Å². The molecule has 0 radical (unpaired) electrons. The number of hydrogen-bond acceptors (Lipinski definition) is 2. The molecule has 9 heavy (non-hydrogen) atoms. The molecule has 1 aliphatic heterocycles. The van der Waals surface area contributed by atoms with Gasteiger partial charge in [0, 0.05) is 6.54 Å². The second-order valence-corrected chi connectivity index (χ2v) is 2.13. The van der Waals surface area contributed by atoms with Crippen molar-refractivity contribution in [3.05, 3.63) is 18.2 Å². The van der Waals surface area contributed by atoms with Crippen molar-refractivity contribution in [2.24, 2.45) is 0 Å². The molecule has 48 valence electrons. The Balaban J connectivity index is 2.39. The molecule has 0 atom stereocenters. The number of hydrogen-bond donors (Lipinski definition) is 0. The molecule has 0 unspecified atom stereocenters. The lowest BCUT2D eigenvalue weighted by Crippen LogP contribution is -2.14. The number of imidazole rings is 1.